The van der Waals surface area contributed by atoms with Gasteiger partial charge in [0.25, 0.3) is 0 Å². The molecule has 4 N–H and O–H groups in total. The molecule has 0 bridgehead atoms. The Labute approximate surface area is 56.0 Å². The standard InChI is InChI=1S/C4H7NO5/c1-4(5-10,2(6)7)3(8)9/h5,10H,1H3,(H,6,7)(H,8,9). The second-order valence-corrected chi connectivity index (χ2v) is 1.85. The first-order valence-electron chi connectivity index (χ1n) is 2.33. The van der Waals surface area contributed by atoms with Gasteiger partial charge in [-0.25, -0.2) is 9.59 Å². The van der Waals surface area contributed by atoms with Gasteiger partial charge in [-0.05, 0) is 6.92 Å². The van der Waals surface area contributed by atoms with Crippen molar-refractivity contribution in [2.24, 2.45) is 0 Å². The second kappa shape index (κ2) is 2.63. The Hall–Kier alpha value is -1.14. The van der Waals surface area contributed by atoms with E-state index in [0.717, 1.165) is 6.92 Å². The van der Waals surface area contributed by atoms with Crippen LogP contribution in [0.25, 0.3) is 0 Å². The average molecular weight is 149 g/mol. The Morgan fingerprint density at radius 2 is 1.60 bits per heavy atom. The lowest BCUT2D eigenvalue weighted by Crippen LogP contribution is -2.54. The largest absolute Gasteiger partial charge is 0.479 e. The summed E-state index contributed by atoms with van der Waals surface area (Å²) in [5.74, 6) is -3.30. The minimum absolute atomic E-state index is 0.831. The minimum atomic E-state index is -2.32. The molecule has 6 heteroatoms. The maximum atomic E-state index is 10.1. The van der Waals surface area contributed by atoms with Crippen molar-refractivity contribution in [3.05, 3.63) is 0 Å². The van der Waals surface area contributed by atoms with Gasteiger partial charge in [-0.1, -0.05) is 0 Å². The van der Waals surface area contributed by atoms with Crippen molar-refractivity contribution < 1.29 is 25.0 Å². The Kier molecular flexibility index (Phi) is 2.33. The highest BCUT2D eigenvalue weighted by Crippen LogP contribution is 2.01. The van der Waals surface area contributed by atoms with E-state index in [-0.39, 0.29) is 0 Å². The van der Waals surface area contributed by atoms with Gasteiger partial charge < -0.3 is 15.4 Å². The van der Waals surface area contributed by atoms with Gasteiger partial charge in [0.2, 0.25) is 5.54 Å². The number of carboxylic acid groups (broad SMARTS) is 2. The van der Waals surface area contributed by atoms with Gasteiger partial charge in [0, 0.05) is 0 Å². The first-order valence-corrected chi connectivity index (χ1v) is 2.33. The fourth-order valence-corrected chi connectivity index (χ4v) is 0.187. The summed E-state index contributed by atoms with van der Waals surface area (Å²) < 4.78 is 0. The van der Waals surface area contributed by atoms with E-state index < -0.39 is 17.5 Å². The number of hydrogen-bond donors (Lipinski definition) is 4. The monoisotopic (exact) mass is 149 g/mol. The van der Waals surface area contributed by atoms with Crippen LogP contribution < -0.4 is 5.48 Å². The number of nitrogens with one attached hydrogen (secondary N) is 1. The van der Waals surface area contributed by atoms with Gasteiger partial charge in [-0.3, -0.25) is 0 Å². The van der Waals surface area contributed by atoms with E-state index in [1.165, 1.54) is 5.48 Å². The molecule has 6 nitrogen and oxygen atoms in total. The van der Waals surface area contributed by atoms with E-state index >= 15 is 0 Å². The van der Waals surface area contributed by atoms with Gasteiger partial charge in [0.15, 0.2) is 0 Å². The summed E-state index contributed by atoms with van der Waals surface area (Å²) >= 11 is 0. The summed E-state index contributed by atoms with van der Waals surface area (Å²) in [6.45, 7) is 0.831. The summed E-state index contributed by atoms with van der Waals surface area (Å²) in [4.78, 5) is 20.2. The zero-order valence-electron chi connectivity index (χ0n) is 5.16. The van der Waals surface area contributed by atoms with E-state index in [0.29, 0.717) is 0 Å². The van der Waals surface area contributed by atoms with Crippen LogP contribution in [0.3, 0.4) is 0 Å². The van der Waals surface area contributed by atoms with Crippen molar-refractivity contribution in [1.29, 1.82) is 0 Å². The molecule has 0 aliphatic heterocycles. The van der Waals surface area contributed by atoms with Crippen molar-refractivity contribution in [2.75, 3.05) is 0 Å². The van der Waals surface area contributed by atoms with Crippen molar-refractivity contribution in [2.45, 2.75) is 12.5 Å². The molecule has 0 aromatic rings. The van der Waals surface area contributed by atoms with Crippen LogP contribution in [0, 0.1) is 0 Å². The number of hydroxylamine groups is 1. The van der Waals surface area contributed by atoms with Gasteiger partial charge in [0.1, 0.15) is 0 Å². The molecule has 58 valence electrons. The Morgan fingerprint density at radius 1 is 1.30 bits per heavy atom. The summed E-state index contributed by atoms with van der Waals surface area (Å²) in [7, 11) is 0. The molecule has 0 radical (unpaired) electrons. The lowest BCUT2D eigenvalue weighted by Gasteiger charge is -2.15. The van der Waals surface area contributed by atoms with E-state index in [2.05, 4.69) is 0 Å². The number of aliphatic carboxylic acids is 2. The van der Waals surface area contributed by atoms with Crippen LogP contribution in [-0.4, -0.2) is 32.9 Å². The molecule has 0 amide bonds. The summed E-state index contributed by atoms with van der Waals surface area (Å²) in [6.07, 6.45) is 0. The third-order valence-corrected chi connectivity index (χ3v) is 1.08. The van der Waals surface area contributed by atoms with Crippen molar-refractivity contribution >= 4 is 11.9 Å². The normalized spacial score (nSPS) is 11.0. The zero-order chi connectivity index (χ0) is 8.36. The highest BCUT2D eigenvalue weighted by atomic mass is 16.5. The van der Waals surface area contributed by atoms with Crippen LogP contribution in [0.5, 0.6) is 0 Å². The summed E-state index contributed by atoms with van der Waals surface area (Å²) in [5, 5.41) is 24.5. The van der Waals surface area contributed by atoms with E-state index in [1.54, 1.807) is 0 Å². The van der Waals surface area contributed by atoms with Crippen LogP contribution in [0.4, 0.5) is 0 Å². The van der Waals surface area contributed by atoms with Crippen LogP contribution in [-0.2, 0) is 9.59 Å². The fraction of sp³-hybridized carbons (Fsp3) is 0.500. The molecule has 0 saturated heterocycles. The molecule has 0 heterocycles. The highest BCUT2D eigenvalue weighted by molar-refractivity contribution is 6.02. The van der Waals surface area contributed by atoms with E-state index in [4.69, 9.17) is 15.4 Å². The fourth-order valence-electron chi connectivity index (χ4n) is 0.187. The molecular formula is C4H7NO5. The van der Waals surface area contributed by atoms with Crippen LogP contribution in [0.1, 0.15) is 6.92 Å². The second-order valence-electron chi connectivity index (χ2n) is 1.85. The summed E-state index contributed by atoms with van der Waals surface area (Å²) in [6, 6.07) is 0. The summed E-state index contributed by atoms with van der Waals surface area (Å²) in [5.41, 5.74) is -1.14. The minimum Gasteiger partial charge on any atom is -0.479 e. The lowest BCUT2D eigenvalue weighted by atomic mass is 10.1. The molecule has 0 rings (SSSR count). The van der Waals surface area contributed by atoms with Gasteiger partial charge in [-0.2, -0.15) is 5.48 Å². The first-order chi connectivity index (χ1) is 4.45. The molecule has 0 aromatic carbocycles. The van der Waals surface area contributed by atoms with Gasteiger partial charge in [-0.15, -0.1) is 0 Å². The first kappa shape index (κ1) is 8.86. The molecule has 0 saturated carbocycles. The lowest BCUT2D eigenvalue weighted by molar-refractivity contribution is -0.163. The SMILES string of the molecule is CC(NO)(C(=O)O)C(=O)O. The third kappa shape index (κ3) is 1.23. The molecule has 0 aliphatic carbocycles. The molecule has 0 atom stereocenters. The van der Waals surface area contributed by atoms with Crippen LogP contribution in [0.2, 0.25) is 0 Å². The van der Waals surface area contributed by atoms with Crippen molar-refractivity contribution in [3.8, 4) is 0 Å². The Balaban J connectivity index is 4.55. The zero-order valence-corrected chi connectivity index (χ0v) is 5.16. The third-order valence-electron chi connectivity index (χ3n) is 1.08. The molecule has 0 aromatic heterocycles. The number of rotatable bonds is 3. The molecule has 10 heavy (non-hydrogen) atoms. The predicted molar refractivity (Wildman–Crippen MR) is 28.6 cm³/mol. The van der Waals surface area contributed by atoms with Crippen LogP contribution >= 0.6 is 0 Å². The van der Waals surface area contributed by atoms with E-state index in [9.17, 15) is 9.59 Å². The smallest absolute Gasteiger partial charge is 0.337 e. The number of hydrogen-bond acceptors (Lipinski definition) is 4. The molecule has 0 fully saturated rings. The van der Waals surface area contributed by atoms with E-state index in [1.807, 2.05) is 0 Å². The van der Waals surface area contributed by atoms with Crippen molar-refractivity contribution in [3.63, 3.8) is 0 Å². The van der Waals surface area contributed by atoms with Crippen LogP contribution in [0.15, 0.2) is 0 Å². The van der Waals surface area contributed by atoms with Gasteiger partial charge >= 0.3 is 11.9 Å². The maximum absolute atomic E-state index is 10.1. The quantitative estimate of drug-likeness (QED) is 0.299. The predicted octanol–water partition coefficient (Wildman–Crippen LogP) is -1.11. The van der Waals surface area contributed by atoms with Crippen molar-refractivity contribution in [1.82, 2.24) is 5.48 Å². The Bertz CT molecular complexity index is 151. The Morgan fingerprint density at radius 3 is 1.60 bits per heavy atom. The molecule has 0 spiro atoms. The number of carboxylic acids is 2. The maximum Gasteiger partial charge on any atom is 0.337 e. The topological polar surface area (TPSA) is 107 Å². The highest BCUT2D eigenvalue weighted by Gasteiger charge is 2.41. The molecular weight excluding hydrogens is 142 g/mol. The average Bonchev–Trinajstić information content (AvgIpc) is 1.85. The molecule has 0 unspecified atom stereocenters. The number of carbonyl (C=O) groups is 2. The van der Waals surface area contributed by atoms with Gasteiger partial charge in [0.05, 0.1) is 0 Å². The molecule has 0 aliphatic rings.